The van der Waals surface area contributed by atoms with E-state index in [0.717, 1.165) is 23.1 Å². The highest BCUT2D eigenvalue weighted by Crippen LogP contribution is 2.43. The fourth-order valence-electron chi connectivity index (χ4n) is 4.52. The number of nitrogens with one attached hydrogen (secondary N) is 1. The number of carboxylic acids is 2. The van der Waals surface area contributed by atoms with Crippen LogP contribution in [0.5, 0.6) is 0 Å². The maximum absolute atomic E-state index is 11.6. The summed E-state index contributed by atoms with van der Waals surface area (Å²) in [4.78, 5) is 31.7. The predicted octanol–water partition coefficient (Wildman–Crippen LogP) is 4.98. The minimum Gasteiger partial charge on any atom is -0.478 e. The average molecular weight is 529 g/mol. The Morgan fingerprint density at radius 3 is 2.24 bits per heavy atom. The average Bonchev–Trinajstić information content (AvgIpc) is 3.53. The van der Waals surface area contributed by atoms with Gasteiger partial charge in [0.1, 0.15) is 17.6 Å². The van der Waals surface area contributed by atoms with Crippen LogP contribution in [0.4, 0.5) is 11.4 Å². The molecule has 0 aliphatic carbocycles. The van der Waals surface area contributed by atoms with Crippen molar-refractivity contribution in [1.29, 1.82) is 0 Å². The summed E-state index contributed by atoms with van der Waals surface area (Å²) in [5, 5.41) is 22.8. The smallest absolute Gasteiger partial charge is 0.335 e. The van der Waals surface area contributed by atoms with Gasteiger partial charge in [-0.1, -0.05) is 6.07 Å². The van der Waals surface area contributed by atoms with Crippen molar-refractivity contribution >= 4 is 40.6 Å². The molecule has 0 radical (unpaired) electrons. The highest BCUT2D eigenvalue weighted by atomic mass is 32.1. The van der Waals surface area contributed by atoms with Crippen LogP contribution in [0.3, 0.4) is 0 Å². The first-order valence-corrected chi connectivity index (χ1v) is 12.1. The lowest BCUT2D eigenvalue weighted by molar-refractivity contribution is 0.0696. The van der Waals surface area contributed by atoms with E-state index in [-0.39, 0.29) is 17.2 Å². The Morgan fingerprint density at radius 2 is 1.66 bits per heavy atom. The monoisotopic (exact) mass is 528 g/mol. The van der Waals surface area contributed by atoms with Gasteiger partial charge in [-0.3, -0.25) is 4.98 Å². The number of hydrogen-bond acceptors (Lipinski definition) is 6. The van der Waals surface area contributed by atoms with Crippen LogP contribution in [-0.4, -0.2) is 46.3 Å². The Balaban J connectivity index is 1.60. The number of aromatic carboxylic acids is 2. The summed E-state index contributed by atoms with van der Waals surface area (Å²) in [6.07, 6.45) is 1.71. The Morgan fingerprint density at radius 1 is 0.974 bits per heavy atom. The third-order valence-electron chi connectivity index (χ3n) is 6.37. The third kappa shape index (κ3) is 4.69. The second-order valence-corrected chi connectivity index (χ2v) is 9.41. The summed E-state index contributed by atoms with van der Waals surface area (Å²) in [7, 11) is 3.94. The molecule has 2 aromatic heterocycles. The van der Waals surface area contributed by atoms with Gasteiger partial charge in [-0.2, -0.15) is 0 Å². The zero-order valence-corrected chi connectivity index (χ0v) is 21.3. The van der Waals surface area contributed by atoms with Crippen LogP contribution < -0.4 is 15.1 Å². The van der Waals surface area contributed by atoms with Crippen molar-refractivity contribution in [2.24, 2.45) is 0 Å². The van der Waals surface area contributed by atoms with Crippen molar-refractivity contribution in [3.63, 3.8) is 0 Å². The molecule has 1 fully saturated rings. The fraction of sp³-hybridized carbons (Fsp3) is 0.143. The van der Waals surface area contributed by atoms with Gasteiger partial charge >= 0.3 is 11.9 Å². The van der Waals surface area contributed by atoms with Crippen molar-refractivity contribution < 1.29 is 24.2 Å². The third-order valence-corrected chi connectivity index (χ3v) is 6.69. The second kappa shape index (κ2) is 9.98. The van der Waals surface area contributed by atoms with Crippen LogP contribution in [0, 0.1) is 0 Å². The number of rotatable bonds is 7. The topological polar surface area (TPSA) is 119 Å². The number of nitrogens with zero attached hydrogens (tertiary/aromatic N) is 3. The maximum atomic E-state index is 11.6. The number of furan rings is 1. The molecule has 0 unspecified atom stereocenters. The van der Waals surface area contributed by atoms with E-state index in [1.807, 2.05) is 66.4 Å². The molecule has 0 spiro atoms. The molecule has 1 aliphatic rings. The molecule has 9 nitrogen and oxygen atoms in total. The van der Waals surface area contributed by atoms with E-state index >= 15 is 0 Å². The van der Waals surface area contributed by atoms with Crippen LogP contribution in [0.1, 0.15) is 44.3 Å². The van der Waals surface area contributed by atoms with Crippen LogP contribution in [0.15, 0.2) is 83.4 Å². The Kier molecular flexibility index (Phi) is 6.56. The molecule has 0 bridgehead atoms. The van der Waals surface area contributed by atoms with E-state index in [2.05, 4.69) is 10.3 Å². The van der Waals surface area contributed by atoms with Crippen LogP contribution in [-0.2, 0) is 0 Å². The van der Waals surface area contributed by atoms with Gasteiger partial charge in [-0.05, 0) is 78.9 Å². The minimum atomic E-state index is -1.23. The molecule has 0 amide bonds. The van der Waals surface area contributed by atoms with Crippen molar-refractivity contribution in [3.8, 4) is 11.3 Å². The van der Waals surface area contributed by atoms with Gasteiger partial charge in [0, 0.05) is 37.2 Å². The lowest BCUT2D eigenvalue weighted by Gasteiger charge is -2.26. The Bertz CT molecular complexity index is 1490. The summed E-state index contributed by atoms with van der Waals surface area (Å²) < 4.78 is 6.27. The largest absolute Gasteiger partial charge is 0.478 e. The summed E-state index contributed by atoms with van der Waals surface area (Å²) >= 11 is 5.76. The van der Waals surface area contributed by atoms with Gasteiger partial charge < -0.3 is 29.7 Å². The molecule has 3 N–H and O–H groups in total. The molecular weight excluding hydrogens is 504 g/mol. The van der Waals surface area contributed by atoms with Gasteiger partial charge in [-0.25, -0.2) is 9.59 Å². The number of aromatic nitrogens is 1. The van der Waals surface area contributed by atoms with E-state index in [1.165, 1.54) is 12.1 Å². The molecule has 1 aliphatic heterocycles. The molecule has 3 heterocycles. The quantitative estimate of drug-likeness (QED) is 0.283. The minimum absolute atomic E-state index is 0.143. The Hall–Kier alpha value is -4.70. The summed E-state index contributed by atoms with van der Waals surface area (Å²) in [5.41, 5.74) is 2.73. The van der Waals surface area contributed by atoms with Crippen molar-refractivity contribution in [2.45, 2.75) is 12.1 Å². The summed E-state index contributed by atoms with van der Waals surface area (Å²) in [6, 6.07) is 20.3. The summed E-state index contributed by atoms with van der Waals surface area (Å²) in [6.45, 7) is 0. The molecule has 2 atom stereocenters. The molecule has 5 rings (SSSR count). The van der Waals surface area contributed by atoms with E-state index in [4.69, 9.17) is 16.6 Å². The highest BCUT2D eigenvalue weighted by molar-refractivity contribution is 7.80. The summed E-state index contributed by atoms with van der Waals surface area (Å²) in [5.74, 6) is -1.56. The number of carbonyl (C=O) groups is 2. The van der Waals surface area contributed by atoms with Crippen molar-refractivity contribution in [1.82, 2.24) is 10.3 Å². The molecule has 0 saturated carbocycles. The van der Waals surface area contributed by atoms with Crippen molar-refractivity contribution in [3.05, 3.63) is 102 Å². The van der Waals surface area contributed by atoms with Gasteiger partial charge in [-0.15, -0.1) is 0 Å². The number of thiocarbonyl (C=S) groups is 1. The first-order valence-electron chi connectivity index (χ1n) is 11.7. The maximum Gasteiger partial charge on any atom is 0.335 e. The molecular formula is C28H24N4O5S. The van der Waals surface area contributed by atoms with E-state index < -0.39 is 18.0 Å². The van der Waals surface area contributed by atoms with E-state index in [0.29, 0.717) is 22.2 Å². The van der Waals surface area contributed by atoms with Gasteiger partial charge in [0.15, 0.2) is 5.11 Å². The normalized spacial score (nSPS) is 16.8. The number of benzene rings is 2. The number of pyridine rings is 1. The standard InChI is InChI=1S/C28H24N4O5S/c1-31(2)19-6-8-20(9-7-19)32-25(24(30-28(32)38)21-5-3-4-12-29-21)23-11-10-22(37-23)16-13-17(26(33)34)15-18(14-16)27(35)36/h3-15,24-25H,1-2H3,(H,30,38)(H,33,34)(H,35,36)/t24-,25+/m0/s1. The molecule has 38 heavy (non-hydrogen) atoms. The van der Waals surface area contributed by atoms with E-state index in [1.54, 1.807) is 18.3 Å². The van der Waals surface area contributed by atoms with Crippen LogP contribution >= 0.6 is 12.2 Å². The molecule has 1 saturated heterocycles. The zero-order chi connectivity index (χ0) is 27.0. The second-order valence-electron chi connectivity index (χ2n) is 9.02. The van der Waals surface area contributed by atoms with Crippen LogP contribution in [0.2, 0.25) is 0 Å². The molecule has 192 valence electrons. The molecule has 4 aromatic rings. The predicted molar refractivity (Wildman–Crippen MR) is 147 cm³/mol. The lowest BCUT2D eigenvalue weighted by Crippen LogP contribution is -2.29. The number of hydrogen-bond donors (Lipinski definition) is 3. The van der Waals surface area contributed by atoms with Gasteiger partial charge in [0.25, 0.3) is 0 Å². The van der Waals surface area contributed by atoms with Gasteiger partial charge in [0.2, 0.25) is 0 Å². The van der Waals surface area contributed by atoms with E-state index in [9.17, 15) is 19.8 Å². The van der Waals surface area contributed by atoms with Gasteiger partial charge in [0.05, 0.1) is 22.9 Å². The first-order chi connectivity index (χ1) is 18.2. The Labute approximate surface area is 224 Å². The van der Waals surface area contributed by atoms with Crippen LogP contribution in [0.25, 0.3) is 11.3 Å². The first kappa shape index (κ1) is 25.0. The van der Waals surface area contributed by atoms with Crippen molar-refractivity contribution in [2.75, 3.05) is 23.9 Å². The lowest BCUT2D eigenvalue weighted by atomic mass is 10.0. The molecule has 10 heteroatoms. The number of anilines is 2. The molecule has 2 aromatic carbocycles. The number of carboxylic acid groups (broad SMARTS) is 2. The fourth-order valence-corrected chi connectivity index (χ4v) is 4.86. The zero-order valence-electron chi connectivity index (χ0n) is 20.5. The highest BCUT2D eigenvalue weighted by Gasteiger charge is 2.42. The SMILES string of the molecule is CN(C)c1ccc(N2C(=S)N[C@@H](c3ccccn3)[C@H]2c2ccc(-c3cc(C(=O)O)cc(C(=O)O)c3)o2)cc1.